The number of aromatic nitrogens is 2. The summed E-state index contributed by atoms with van der Waals surface area (Å²) >= 11 is 3.41. The summed E-state index contributed by atoms with van der Waals surface area (Å²) in [6.07, 6.45) is 1.92. The van der Waals surface area contributed by atoms with E-state index in [1.54, 1.807) is 4.57 Å². The van der Waals surface area contributed by atoms with Crippen LogP contribution < -0.4 is 0 Å². The normalized spacial score (nSPS) is 12.7. The number of halogens is 1. The number of carbonyl (C=O) groups is 1. The topological polar surface area (TPSA) is 108 Å². The Bertz CT molecular complexity index is 846. The number of nitrogens with zero attached hydrogens (tertiary/aromatic N) is 2. The molecule has 0 spiro atoms. The fourth-order valence-electron chi connectivity index (χ4n) is 2.79. The van der Waals surface area contributed by atoms with Crippen LogP contribution in [0.4, 0.5) is 0 Å². The second-order valence-corrected chi connectivity index (χ2v) is 14.6. The zero-order chi connectivity index (χ0) is 21.6. The van der Waals surface area contributed by atoms with Gasteiger partial charge in [-0.15, -0.1) is 0 Å². The molecule has 3 N–H and O–H groups in total. The van der Waals surface area contributed by atoms with Crippen LogP contribution in [0.1, 0.15) is 18.2 Å². The summed E-state index contributed by atoms with van der Waals surface area (Å²) in [7, 11) is -1.23. The average Bonchev–Trinajstić information content (AvgIpc) is 3.06. The van der Waals surface area contributed by atoms with Crippen molar-refractivity contribution in [3.63, 3.8) is 0 Å². The van der Waals surface area contributed by atoms with Crippen LogP contribution in [0.5, 0.6) is 0 Å². The Morgan fingerprint density at radius 1 is 1.31 bits per heavy atom. The van der Waals surface area contributed by atoms with Gasteiger partial charge in [0.15, 0.2) is 0 Å². The van der Waals surface area contributed by atoms with Crippen LogP contribution in [0.3, 0.4) is 0 Å². The van der Waals surface area contributed by atoms with Crippen LogP contribution in [0.15, 0.2) is 34.9 Å². The summed E-state index contributed by atoms with van der Waals surface area (Å²) in [6, 6.07) is 8.65. The van der Waals surface area contributed by atoms with Crippen molar-refractivity contribution in [1.82, 2.24) is 9.55 Å². The monoisotopic (exact) mass is 481 g/mol. The maximum absolute atomic E-state index is 11.4. The lowest BCUT2D eigenvalue weighted by atomic mass is 9.98. The molecule has 7 nitrogen and oxygen atoms in total. The number of aliphatic hydroxyl groups is 1. The molecule has 1 aromatic heterocycles. The molecule has 0 bridgehead atoms. The number of ether oxygens (including phenoxy) is 1. The van der Waals surface area contributed by atoms with Gasteiger partial charge in [0.05, 0.1) is 11.6 Å². The Morgan fingerprint density at radius 2 is 1.97 bits per heavy atom. The average molecular weight is 482 g/mol. The lowest BCUT2D eigenvalue weighted by Crippen LogP contribution is -2.26. The molecule has 2 aromatic rings. The number of carboxylic acid groups (broad SMARTS) is 1. The lowest BCUT2D eigenvalue weighted by molar-refractivity contribution is -0.129. The molecule has 1 aromatic carbocycles. The van der Waals surface area contributed by atoms with E-state index < -0.39 is 25.7 Å². The van der Waals surface area contributed by atoms with Crippen molar-refractivity contribution in [2.75, 3.05) is 13.2 Å². The smallest absolute Gasteiger partial charge is 0.350 e. The van der Waals surface area contributed by atoms with E-state index in [-0.39, 0.29) is 19.8 Å². The maximum Gasteiger partial charge on any atom is 0.350 e. The van der Waals surface area contributed by atoms with Gasteiger partial charge in [-0.3, -0.25) is 5.41 Å². The van der Waals surface area contributed by atoms with Crippen molar-refractivity contribution in [3.8, 4) is 11.3 Å². The largest absolute Gasteiger partial charge is 0.477 e. The van der Waals surface area contributed by atoms with Gasteiger partial charge in [0.1, 0.15) is 18.3 Å². The van der Waals surface area contributed by atoms with Crippen molar-refractivity contribution in [2.24, 2.45) is 0 Å². The molecule has 0 saturated heterocycles. The summed E-state index contributed by atoms with van der Waals surface area (Å²) in [6.45, 7) is 7.42. The molecular weight excluding hydrogens is 454 g/mol. The number of rotatable bonds is 11. The van der Waals surface area contributed by atoms with Gasteiger partial charge < -0.3 is 19.5 Å². The van der Waals surface area contributed by atoms with Gasteiger partial charge in [0.25, 0.3) is 0 Å². The highest BCUT2D eigenvalue weighted by atomic mass is 79.9. The summed E-state index contributed by atoms with van der Waals surface area (Å²) in [5.41, 5.74) is 1.05. The lowest BCUT2D eigenvalue weighted by Gasteiger charge is -2.18. The number of aliphatic hydroxyl groups excluding tert-OH is 1. The van der Waals surface area contributed by atoms with E-state index in [9.17, 15) is 15.0 Å². The highest BCUT2D eigenvalue weighted by molar-refractivity contribution is 9.10. The molecule has 0 radical (unpaired) electrons. The highest BCUT2D eigenvalue weighted by Crippen LogP contribution is 2.27. The molecule has 2 rings (SSSR count). The van der Waals surface area contributed by atoms with Crippen molar-refractivity contribution in [1.29, 1.82) is 5.41 Å². The minimum absolute atomic E-state index is 0.108. The first kappa shape index (κ1) is 23.5. The van der Waals surface area contributed by atoms with Gasteiger partial charge in [0.2, 0.25) is 0 Å². The summed E-state index contributed by atoms with van der Waals surface area (Å²) < 4.78 is 8.54. The van der Waals surface area contributed by atoms with Crippen molar-refractivity contribution in [3.05, 3.63) is 40.8 Å². The van der Waals surface area contributed by atoms with E-state index >= 15 is 0 Å². The second kappa shape index (κ2) is 10.3. The molecule has 0 saturated carbocycles. The Balaban J connectivity index is 2.35. The fraction of sp³-hybridized carbons (Fsp3) is 0.450. The number of nitrogens with one attached hydrogen (secondary N) is 1. The van der Waals surface area contributed by atoms with Gasteiger partial charge in [-0.25, -0.2) is 9.78 Å². The van der Waals surface area contributed by atoms with E-state index in [1.165, 1.54) is 0 Å². The van der Waals surface area contributed by atoms with Crippen LogP contribution in [0.25, 0.3) is 11.3 Å². The molecule has 0 aliphatic rings. The van der Waals surface area contributed by atoms with Crippen molar-refractivity contribution >= 4 is 35.7 Å². The maximum atomic E-state index is 11.4. The first-order chi connectivity index (χ1) is 13.6. The number of hydrogen-bond donors (Lipinski definition) is 3. The fourth-order valence-corrected chi connectivity index (χ4v) is 3.81. The summed E-state index contributed by atoms with van der Waals surface area (Å²) in [5.74, 6) is -1.72. The van der Waals surface area contributed by atoms with E-state index in [2.05, 4.69) is 40.6 Å². The Labute approximate surface area is 180 Å². The van der Waals surface area contributed by atoms with Crippen molar-refractivity contribution < 1.29 is 19.7 Å². The van der Waals surface area contributed by atoms with Gasteiger partial charge in [-0.05, 0) is 24.6 Å². The molecule has 0 amide bonds. The van der Waals surface area contributed by atoms with Crippen LogP contribution in [-0.2, 0) is 16.3 Å². The third-order valence-corrected chi connectivity index (χ3v) is 6.72. The zero-order valence-electron chi connectivity index (χ0n) is 17.0. The molecule has 1 heterocycles. The zero-order valence-corrected chi connectivity index (χ0v) is 19.6. The summed E-state index contributed by atoms with van der Waals surface area (Å²) in [5, 5.41) is 26.7. The molecule has 0 fully saturated rings. The SMILES string of the molecule is C[Si](C)(C)CCOCn1cc(-c2ccc(Br)cc2)nc1C(CCO)C(=N)C(=O)O. The molecule has 9 heteroatoms. The molecule has 1 atom stereocenters. The minimum Gasteiger partial charge on any atom is -0.477 e. The van der Waals surface area contributed by atoms with E-state index in [0.717, 1.165) is 16.1 Å². The highest BCUT2D eigenvalue weighted by Gasteiger charge is 2.27. The van der Waals surface area contributed by atoms with E-state index in [1.807, 2.05) is 30.5 Å². The molecular formula is C20H28BrN3O4Si. The molecule has 0 aliphatic heterocycles. The standard InChI is InChI=1S/C20H28BrN3O4Si/c1-29(2,3)11-10-28-13-24-12-17(14-4-6-15(21)7-5-14)23-19(24)16(8-9-25)18(22)20(26)27/h4-7,12,16,22,25H,8-11,13H2,1-3H3,(H,26,27). The predicted molar refractivity (Wildman–Crippen MR) is 119 cm³/mol. The Morgan fingerprint density at radius 3 is 2.52 bits per heavy atom. The van der Waals surface area contributed by atoms with Gasteiger partial charge in [-0.1, -0.05) is 47.7 Å². The van der Waals surface area contributed by atoms with E-state index in [4.69, 9.17) is 10.1 Å². The van der Waals surface area contributed by atoms with Crippen LogP contribution >= 0.6 is 15.9 Å². The number of carboxylic acids is 1. The molecule has 1 unspecified atom stereocenters. The Kier molecular flexibility index (Phi) is 8.32. The number of imidazole rings is 1. The molecule has 29 heavy (non-hydrogen) atoms. The van der Waals surface area contributed by atoms with Gasteiger partial charge in [-0.2, -0.15) is 0 Å². The van der Waals surface area contributed by atoms with Gasteiger partial charge >= 0.3 is 5.97 Å². The van der Waals surface area contributed by atoms with Crippen LogP contribution in [0.2, 0.25) is 25.7 Å². The first-order valence-electron chi connectivity index (χ1n) is 9.45. The first-order valence-corrected chi connectivity index (χ1v) is 14.0. The van der Waals surface area contributed by atoms with Crippen LogP contribution in [-0.4, -0.2) is 52.7 Å². The van der Waals surface area contributed by atoms with E-state index in [0.29, 0.717) is 18.1 Å². The third-order valence-electron chi connectivity index (χ3n) is 4.48. The number of hydrogen-bond acceptors (Lipinski definition) is 5. The quantitative estimate of drug-likeness (QED) is 0.253. The molecule has 158 valence electrons. The molecule has 0 aliphatic carbocycles. The van der Waals surface area contributed by atoms with Crippen molar-refractivity contribution in [2.45, 2.75) is 44.8 Å². The van der Waals surface area contributed by atoms with Gasteiger partial charge in [0, 0.05) is 37.5 Å². The third kappa shape index (κ3) is 6.88. The predicted octanol–water partition coefficient (Wildman–Crippen LogP) is 4.20. The second-order valence-electron chi connectivity index (χ2n) is 8.09. The Hall–Kier alpha value is -1.81. The minimum atomic E-state index is -1.32. The number of aliphatic carboxylic acids is 1. The number of benzene rings is 1. The van der Waals surface area contributed by atoms with Crippen LogP contribution in [0, 0.1) is 5.41 Å². The summed E-state index contributed by atoms with van der Waals surface area (Å²) in [4.78, 5) is 16.0.